The molecule has 18 heteroatoms. The van der Waals surface area contributed by atoms with Gasteiger partial charge in [0.1, 0.15) is 5.69 Å². The Bertz CT molecular complexity index is 2470. The molecular weight excluding hydrogens is 1060 g/mol. The minimum absolute atomic E-state index is 0.0840. The minimum atomic E-state index is -0.829. The molecule has 0 atom stereocenters. The van der Waals surface area contributed by atoms with Crippen LogP contribution < -0.4 is 26.2 Å². The van der Waals surface area contributed by atoms with Crippen LogP contribution in [0.3, 0.4) is 0 Å². The number of aryl methyl sites for hydroxylation is 3. The number of nitrogens with zero attached hydrogens (tertiary/aromatic N) is 6. The first kappa shape index (κ1) is 49.6. The first-order valence-corrected chi connectivity index (χ1v) is 22.4. The van der Waals surface area contributed by atoms with Gasteiger partial charge in [0, 0.05) is 101 Å². The Labute approximate surface area is 394 Å². The van der Waals surface area contributed by atoms with Gasteiger partial charge in [-0.1, -0.05) is 81.9 Å². The molecule has 1 aromatic heterocycles. The second kappa shape index (κ2) is 24.0. The van der Waals surface area contributed by atoms with Crippen LogP contribution in [0.15, 0.2) is 121 Å². The molecule has 2 aliphatic heterocycles. The summed E-state index contributed by atoms with van der Waals surface area (Å²) >= 11 is 13.0. The monoisotopic (exact) mass is 1100 g/mol. The summed E-state index contributed by atoms with van der Waals surface area (Å²) < 4.78 is 18.0. The second-order valence-electron chi connectivity index (χ2n) is 14.1. The first-order chi connectivity index (χ1) is 29.5. The number of halogens is 5. The molecule has 0 saturated carbocycles. The molecule has 0 radical (unpaired) electrons. The van der Waals surface area contributed by atoms with E-state index in [0.29, 0.717) is 10.2 Å². The number of hydrogen-bond donors (Lipinski definition) is 3. The summed E-state index contributed by atoms with van der Waals surface area (Å²) in [4.78, 5) is 24.0. The molecule has 0 unspecified atom stereocenters. The number of benzene rings is 5. The Balaban J connectivity index is 0.000000173. The van der Waals surface area contributed by atoms with Crippen molar-refractivity contribution in [2.24, 2.45) is 7.05 Å². The molecule has 0 bridgehead atoms. The average Bonchev–Trinajstić information content (AvgIpc) is 3.68. The van der Waals surface area contributed by atoms with E-state index in [1.165, 1.54) is 82.5 Å². The van der Waals surface area contributed by atoms with Crippen LogP contribution in [0.2, 0.25) is 0 Å². The van der Waals surface area contributed by atoms with Crippen molar-refractivity contribution in [3.05, 3.63) is 158 Å². The summed E-state index contributed by atoms with van der Waals surface area (Å²) in [5.41, 5.74) is 15.6. The van der Waals surface area contributed by atoms with Gasteiger partial charge in [0.25, 0.3) is 5.69 Å². The summed E-state index contributed by atoms with van der Waals surface area (Å²) in [6, 6.07) is 27.3. The third kappa shape index (κ3) is 14.5. The zero-order valence-corrected chi connectivity index (χ0v) is 41.2. The Hall–Kier alpha value is -5.04. The number of anilines is 5. The van der Waals surface area contributed by atoms with Gasteiger partial charge in [-0.3, -0.25) is 24.9 Å². The van der Waals surface area contributed by atoms with E-state index in [0.717, 1.165) is 39.0 Å². The standard InChI is InChI=1S/C14H17N3.C10H12BrN.C7H7BrN2O2.C7H9BrN2.C6H3BrFNO2/c1-16-7-3-4-11-5-6-12(8-14(11)16)13-9-15-17(2)10-13;1-12-6-2-3-8-4-5-9(11)7-10(8)12;1-9-6-4-5(8)2-3-7(6)10(11)12;1-10-7-4-5(8)2-3-6(7)9;7-4-1-2-6(9(10)11)5(8)3-4/h5-6,8-10H,3-4,7H2,1-2H3;4-5,7H,2-3,6H2,1H3;2-4,9H,1H3;2-4,10H,9H2,1H3;1-3H. The Morgan fingerprint density at radius 2 is 1.13 bits per heavy atom. The molecule has 2 aliphatic rings. The zero-order valence-electron chi connectivity index (χ0n) is 34.8. The molecule has 0 aliphatic carbocycles. The topological polar surface area (TPSA) is 161 Å². The normalized spacial score (nSPS) is 12.2. The van der Waals surface area contributed by atoms with Crippen molar-refractivity contribution in [2.75, 3.05) is 67.4 Å². The lowest BCUT2D eigenvalue weighted by Crippen LogP contribution is -2.24. The molecule has 3 heterocycles. The predicted molar refractivity (Wildman–Crippen MR) is 265 cm³/mol. The van der Waals surface area contributed by atoms with Crippen LogP contribution in [-0.2, 0) is 19.9 Å². The van der Waals surface area contributed by atoms with Crippen LogP contribution in [0.1, 0.15) is 24.0 Å². The molecule has 0 fully saturated rings. The van der Waals surface area contributed by atoms with E-state index >= 15 is 0 Å². The fourth-order valence-corrected chi connectivity index (χ4v) is 7.88. The largest absolute Gasteiger partial charge is 0.397 e. The molecule has 328 valence electrons. The van der Waals surface area contributed by atoms with Crippen molar-refractivity contribution < 1.29 is 14.2 Å². The van der Waals surface area contributed by atoms with Crippen molar-refractivity contribution in [1.82, 2.24) is 9.78 Å². The lowest BCUT2D eigenvalue weighted by atomic mass is 9.98. The first-order valence-electron chi connectivity index (χ1n) is 19.3. The van der Waals surface area contributed by atoms with E-state index in [-0.39, 0.29) is 5.69 Å². The molecule has 0 saturated heterocycles. The summed E-state index contributed by atoms with van der Waals surface area (Å²) in [7, 11) is 9.77. The molecular formula is C44H48Br4FN9O4. The Kier molecular flexibility index (Phi) is 19.2. The van der Waals surface area contributed by atoms with E-state index in [9.17, 15) is 24.6 Å². The van der Waals surface area contributed by atoms with E-state index < -0.39 is 21.4 Å². The summed E-state index contributed by atoms with van der Waals surface area (Å²) in [5, 5.41) is 30.5. The van der Waals surface area contributed by atoms with Crippen LogP contribution in [0.25, 0.3) is 11.1 Å². The summed E-state index contributed by atoms with van der Waals surface area (Å²) in [6.45, 7) is 2.34. The molecule has 0 spiro atoms. The van der Waals surface area contributed by atoms with Gasteiger partial charge in [0.15, 0.2) is 0 Å². The second-order valence-corrected chi connectivity index (χ2v) is 17.7. The molecule has 62 heavy (non-hydrogen) atoms. The lowest BCUT2D eigenvalue weighted by molar-refractivity contribution is -0.387. The van der Waals surface area contributed by atoms with Crippen LogP contribution in [0, 0.1) is 26.0 Å². The molecule has 13 nitrogen and oxygen atoms in total. The average molecular weight is 1110 g/mol. The maximum Gasteiger partial charge on any atom is 0.304 e. The van der Waals surface area contributed by atoms with Gasteiger partial charge >= 0.3 is 5.69 Å². The quantitative estimate of drug-likeness (QED) is 0.0861. The van der Waals surface area contributed by atoms with Crippen molar-refractivity contribution in [3.8, 4) is 11.1 Å². The minimum Gasteiger partial charge on any atom is -0.397 e. The van der Waals surface area contributed by atoms with Crippen LogP contribution in [-0.4, -0.2) is 60.9 Å². The van der Waals surface area contributed by atoms with E-state index in [2.05, 4.69) is 146 Å². The highest BCUT2D eigenvalue weighted by Gasteiger charge is 2.16. The third-order valence-corrected chi connectivity index (χ3v) is 11.7. The van der Waals surface area contributed by atoms with Crippen LogP contribution >= 0.6 is 63.7 Å². The Morgan fingerprint density at radius 1 is 0.645 bits per heavy atom. The predicted octanol–water partition coefficient (Wildman–Crippen LogP) is 12.3. The van der Waals surface area contributed by atoms with Gasteiger partial charge in [-0.2, -0.15) is 9.49 Å². The fraction of sp³-hybridized carbons (Fsp3) is 0.250. The maximum atomic E-state index is 12.6. The third-order valence-electron chi connectivity index (χ3n) is 9.69. The number of nitrogens with one attached hydrogen (secondary N) is 2. The number of hydrogen-bond acceptors (Lipinski definition) is 10. The fourth-order valence-electron chi connectivity index (χ4n) is 6.48. The molecule has 0 amide bonds. The van der Waals surface area contributed by atoms with Gasteiger partial charge < -0.3 is 26.2 Å². The molecule has 8 rings (SSSR count). The Morgan fingerprint density at radius 3 is 1.65 bits per heavy atom. The van der Waals surface area contributed by atoms with Crippen molar-refractivity contribution in [1.29, 1.82) is 0 Å². The van der Waals surface area contributed by atoms with Crippen molar-refractivity contribution >= 4 is 104 Å². The van der Waals surface area contributed by atoms with Crippen molar-refractivity contribution in [3.63, 3.8) is 0 Å². The smallest absolute Gasteiger partial charge is 0.304 e. The van der Waals surface area contributed by atoms with Gasteiger partial charge in [-0.25, -0.2) is 0 Å². The SMILES string of the molecule is CN1CCCc2ccc(-c3cnn(C)c3)cc21.CN1CCCc2ccc(Br)cc21.CNc1cc(Br)ccc1N.CNc1cc(Br)ccc1[N+](=O)[O-].O=[N+]([O-])c1ccc(Br)cc1F. The number of nitrogen functional groups attached to an aromatic ring is 1. The van der Waals surface area contributed by atoms with Gasteiger partial charge in [-0.05, 0) is 103 Å². The van der Waals surface area contributed by atoms with E-state index in [1.807, 2.05) is 43.2 Å². The molecule has 5 aromatic carbocycles. The maximum absolute atomic E-state index is 12.6. The number of rotatable bonds is 5. The van der Waals surface area contributed by atoms with Gasteiger partial charge in [0.05, 0.1) is 27.4 Å². The van der Waals surface area contributed by atoms with Crippen LogP contribution in [0.4, 0.5) is 44.2 Å². The molecule has 4 N–H and O–H groups in total. The van der Waals surface area contributed by atoms with E-state index in [4.69, 9.17) is 5.73 Å². The van der Waals surface area contributed by atoms with E-state index in [1.54, 1.807) is 19.2 Å². The molecule has 6 aromatic rings. The highest BCUT2D eigenvalue weighted by atomic mass is 79.9. The van der Waals surface area contributed by atoms with Crippen LogP contribution in [0.5, 0.6) is 0 Å². The lowest BCUT2D eigenvalue weighted by Gasteiger charge is -2.27. The summed E-state index contributed by atoms with van der Waals surface area (Å²) in [5.74, 6) is -0.829. The summed E-state index contributed by atoms with van der Waals surface area (Å²) in [6.07, 6.45) is 8.95. The number of fused-ring (bicyclic) bond motifs is 2. The highest BCUT2D eigenvalue weighted by molar-refractivity contribution is 9.11. The number of nitro benzene ring substituents is 2. The van der Waals surface area contributed by atoms with Gasteiger partial charge in [-0.15, -0.1) is 0 Å². The van der Waals surface area contributed by atoms with Crippen molar-refractivity contribution in [2.45, 2.75) is 25.7 Å². The number of nitro groups is 2. The number of aromatic nitrogens is 2. The highest BCUT2D eigenvalue weighted by Crippen LogP contribution is 2.32. The zero-order chi connectivity index (χ0) is 45.5. The number of nitrogens with two attached hydrogens (primary N) is 1. The van der Waals surface area contributed by atoms with Gasteiger partial charge in [0.2, 0.25) is 5.82 Å².